The number of hydrogen-bond acceptors (Lipinski definition) is 4. The van der Waals surface area contributed by atoms with E-state index in [0.717, 1.165) is 12.0 Å². The summed E-state index contributed by atoms with van der Waals surface area (Å²) in [5.41, 5.74) is 0.898. The van der Waals surface area contributed by atoms with Gasteiger partial charge < -0.3 is 19.3 Å². The predicted octanol–water partition coefficient (Wildman–Crippen LogP) is 3.85. The van der Waals surface area contributed by atoms with Crippen LogP contribution in [0.4, 0.5) is 0 Å². The van der Waals surface area contributed by atoms with Gasteiger partial charge in [0, 0.05) is 0 Å². The van der Waals surface area contributed by atoms with Crippen molar-refractivity contribution in [3.8, 4) is 11.5 Å². The monoisotopic (exact) mass is 288 g/mol. The van der Waals surface area contributed by atoms with Crippen molar-refractivity contribution in [2.75, 3.05) is 13.7 Å². The van der Waals surface area contributed by atoms with Crippen LogP contribution >= 0.6 is 0 Å². The number of aromatic hydroxyl groups is 1. The fraction of sp³-hybridized carbons (Fsp3) is 0.294. The molecule has 4 nitrogen and oxygen atoms in total. The van der Waals surface area contributed by atoms with Crippen LogP contribution in [0.25, 0.3) is 0 Å². The number of phenols is 1. The predicted molar refractivity (Wildman–Crippen MR) is 81.1 cm³/mol. The van der Waals surface area contributed by atoms with Crippen LogP contribution in [-0.2, 0) is 9.47 Å². The van der Waals surface area contributed by atoms with Gasteiger partial charge in [-0.05, 0) is 30.2 Å². The van der Waals surface area contributed by atoms with E-state index < -0.39 is 0 Å². The second-order valence-corrected chi connectivity index (χ2v) is 4.58. The molecular weight excluding hydrogens is 268 g/mol. The first-order chi connectivity index (χ1) is 10.2. The second-order valence-electron chi connectivity index (χ2n) is 4.58. The minimum atomic E-state index is -0.206. The van der Waals surface area contributed by atoms with Crippen LogP contribution < -0.4 is 4.74 Å². The molecule has 1 N–H and O–H groups in total. The van der Waals surface area contributed by atoms with Gasteiger partial charge in [0.1, 0.15) is 12.9 Å². The molecule has 0 spiro atoms. The molecule has 1 aromatic carbocycles. The number of methoxy groups -OCH3 is 1. The largest absolute Gasteiger partial charge is 0.504 e. The number of hydrogen-bond donors (Lipinski definition) is 1. The summed E-state index contributed by atoms with van der Waals surface area (Å²) in [4.78, 5) is 0. The lowest BCUT2D eigenvalue weighted by Gasteiger charge is -2.23. The summed E-state index contributed by atoms with van der Waals surface area (Å²) in [7, 11) is 1.52. The van der Waals surface area contributed by atoms with Crippen molar-refractivity contribution >= 4 is 0 Å². The molecule has 0 saturated heterocycles. The number of phenolic OH excluding ortho intramolecular Hbond substituents is 1. The summed E-state index contributed by atoms with van der Waals surface area (Å²) in [6.07, 6.45) is 10.2. The van der Waals surface area contributed by atoms with Gasteiger partial charge in [0.25, 0.3) is 0 Å². The molecule has 1 aromatic rings. The molecule has 0 aliphatic carbocycles. The topological polar surface area (TPSA) is 47.9 Å². The third-order valence-electron chi connectivity index (χ3n) is 3.07. The fourth-order valence-corrected chi connectivity index (χ4v) is 1.92. The average molecular weight is 288 g/mol. The lowest BCUT2D eigenvalue weighted by molar-refractivity contribution is 0.0210. The molecule has 1 atom stereocenters. The van der Waals surface area contributed by atoms with Crippen molar-refractivity contribution in [3.63, 3.8) is 0 Å². The van der Waals surface area contributed by atoms with Gasteiger partial charge >= 0.3 is 0 Å². The highest BCUT2D eigenvalue weighted by molar-refractivity contribution is 5.42. The quantitative estimate of drug-likeness (QED) is 0.836. The number of rotatable bonds is 5. The SMILES string of the molecule is CC/C=C\C=C/C1=COC(c2ccc(O)c(OC)c2)CO1. The molecule has 0 fully saturated rings. The molecule has 4 heteroatoms. The maximum atomic E-state index is 9.59. The Morgan fingerprint density at radius 1 is 1.38 bits per heavy atom. The molecular formula is C17H20O4. The molecule has 1 aliphatic rings. The summed E-state index contributed by atoms with van der Waals surface area (Å²) in [5, 5.41) is 9.59. The van der Waals surface area contributed by atoms with Crippen LogP contribution in [0, 0.1) is 0 Å². The van der Waals surface area contributed by atoms with Gasteiger partial charge in [-0.25, -0.2) is 0 Å². The Morgan fingerprint density at radius 2 is 2.24 bits per heavy atom. The van der Waals surface area contributed by atoms with E-state index in [2.05, 4.69) is 13.0 Å². The zero-order chi connectivity index (χ0) is 15.1. The van der Waals surface area contributed by atoms with E-state index in [-0.39, 0.29) is 11.9 Å². The molecule has 21 heavy (non-hydrogen) atoms. The second kappa shape index (κ2) is 7.43. The average Bonchev–Trinajstić information content (AvgIpc) is 2.53. The van der Waals surface area contributed by atoms with Gasteiger partial charge in [0.05, 0.1) is 7.11 Å². The molecule has 0 radical (unpaired) electrons. The Labute approximate surface area is 125 Å². The maximum absolute atomic E-state index is 9.59. The van der Waals surface area contributed by atoms with E-state index in [4.69, 9.17) is 14.2 Å². The van der Waals surface area contributed by atoms with Crippen LogP contribution in [0.2, 0.25) is 0 Å². The highest BCUT2D eigenvalue weighted by Crippen LogP contribution is 2.32. The minimum absolute atomic E-state index is 0.111. The van der Waals surface area contributed by atoms with E-state index in [0.29, 0.717) is 18.1 Å². The van der Waals surface area contributed by atoms with Crippen LogP contribution in [0.15, 0.2) is 54.5 Å². The van der Waals surface area contributed by atoms with E-state index in [9.17, 15) is 5.11 Å². The molecule has 1 heterocycles. The smallest absolute Gasteiger partial charge is 0.160 e. The van der Waals surface area contributed by atoms with Crippen molar-refractivity contribution in [3.05, 3.63) is 60.1 Å². The lowest BCUT2D eigenvalue weighted by atomic mass is 10.1. The van der Waals surface area contributed by atoms with Gasteiger partial charge in [-0.3, -0.25) is 0 Å². The third kappa shape index (κ3) is 4.05. The first-order valence-corrected chi connectivity index (χ1v) is 6.93. The Hall–Kier alpha value is -2.36. The molecule has 0 saturated carbocycles. The van der Waals surface area contributed by atoms with Gasteiger partial charge in [-0.1, -0.05) is 31.2 Å². The highest BCUT2D eigenvalue weighted by Gasteiger charge is 2.19. The summed E-state index contributed by atoms with van der Waals surface area (Å²) < 4.78 is 16.4. The number of allylic oxidation sites excluding steroid dienone is 4. The van der Waals surface area contributed by atoms with Crippen LogP contribution in [-0.4, -0.2) is 18.8 Å². The summed E-state index contributed by atoms with van der Waals surface area (Å²) >= 11 is 0. The standard InChI is InChI=1S/C17H20O4/c1-3-4-5-6-7-14-11-21-17(12-20-14)13-8-9-15(18)16(10-13)19-2/h4-11,17-18H,3,12H2,1-2H3/b5-4-,7-6-. The van der Waals surface area contributed by atoms with Crippen molar-refractivity contribution in [2.45, 2.75) is 19.4 Å². The lowest BCUT2D eigenvalue weighted by Crippen LogP contribution is -2.14. The normalized spacial score (nSPS) is 18.4. The Bertz CT molecular complexity index is 558. The summed E-state index contributed by atoms with van der Waals surface area (Å²) in [5.74, 6) is 1.23. The Kier molecular flexibility index (Phi) is 5.32. The molecule has 0 aromatic heterocycles. The fourth-order valence-electron chi connectivity index (χ4n) is 1.92. The highest BCUT2D eigenvalue weighted by atomic mass is 16.6. The summed E-state index contributed by atoms with van der Waals surface area (Å²) in [6.45, 7) is 2.50. The van der Waals surface area contributed by atoms with E-state index in [1.165, 1.54) is 7.11 Å². The maximum Gasteiger partial charge on any atom is 0.160 e. The van der Waals surface area contributed by atoms with Crippen molar-refractivity contribution in [2.24, 2.45) is 0 Å². The first kappa shape index (κ1) is 15.0. The van der Waals surface area contributed by atoms with Gasteiger partial charge in [-0.2, -0.15) is 0 Å². The zero-order valence-electron chi connectivity index (χ0n) is 12.3. The van der Waals surface area contributed by atoms with Crippen LogP contribution in [0.3, 0.4) is 0 Å². The molecule has 1 unspecified atom stereocenters. The van der Waals surface area contributed by atoms with E-state index in [1.807, 2.05) is 18.2 Å². The van der Waals surface area contributed by atoms with Crippen molar-refractivity contribution in [1.29, 1.82) is 0 Å². The Balaban J connectivity index is 2.01. The molecule has 2 rings (SSSR count). The first-order valence-electron chi connectivity index (χ1n) is 6.93. The number of ether oxygens (including phenoxy) is 3. The number of benzene rings is 1. The molecule has 1 aliphatic heterocycles. The van der Waals surface area contributed by atoms with Crippen molar-refractivity contribution < 1.29 is 19.3 Å². The van der Waals surface area contributed by atoms with Gasteiger partial charge in [0.15, 0.2) is 23.4 Å². The molecule has 0 bridgehead atoms. The molecule has 0 amide bonds. The van der Waals surface area contributed by atoms with E-state index in [1.54, 1.807) is 24.5 Å². The minimum Gasteiger partial charge on any atom is -0.504 e. The van der Waals surface area contributed by atoms with Gasteiger partial charge in [0.2, 0.25) is 0 Å². The van der Waals surface area contributed by atoms with E-state index >= 15 is 0 Å². The Morgan fingerprint density at radius 3 is 2.90 bits per heavy atom. The van der Waals surface area contributed by atoms with Crippen LogP contribution in [0.5, 0.6) is 11.5 Å². The summed E-state index contributed by atoms with van der Waals surface area (Å²) in [6, 6.07) is 5.14. The zero-order valence-corrected chi connectivity index (χ0v) is 12.3. The van der Waals surface area contributed by atoms with Crippen LogP contribution in [0.1, 0.15) is 25.0 Å². The van der Waals surface area contributed by atoms with Gasteiger partial charge in [-0.15, -0.1) is 0 Å². The third-order valence-corrected chi connectivity index (χ3v) is 3.07. The van der Waals surface area contributed by atoms with Crippen molar-refractivity contribution in [1.82, 2.24) is 0 Å². The molecule has 112 valence electrons.